The van der Waals surface area contributed by atoms with E-state index in [4.69, 9.17) is 0 Å². The molecule has 1 nitrogen and oxygen atoms in total. The lowest BCUT2D eigenvalue weighted by Gasteiger charge is -1.98. The SMILES string of the molecule is CCc1cnc(Cc2cccc(C)c2)s1. The highest BCUT2D eigenvalue weighted by molar-refractivity contribution is 7.11. The lowest BCUT2D eigenvalue weighted by molar-refractivity contribution is 1.12. The average molecular weight is 217 g/mol. The van der Waals surface area contributed by atoms with Gasteiger partial charge in [0.1, 0.15) is 0 Å². The first-order chi connectivity index (χ1) is 7.28. The van der Waals surface area contributed by atoms with Gasteiger partial charge in [-0.3, -0.25) is 0 Å². The van der Waals surface area contributed by atoms with Gasteiger partial charge in [-0.2, -0.15) is 0 Å². The molecule has 0 radical (unpaired) electrons. The number of nitrogens with zero attached hydrogens (tertiary/aromatic N) is 1. The van der Waals surface area contributed by atoms with Crippen molar-refractivity contribution in [3.05, 3.63) is 51.5 Å². The maximum atomic E-state index is 4.43. The summed E-state index contributed by atoms with van der Waals surface area (Å²) < 4.78 is 0. The third kappa shape index (κ3) is 2.66. The highest BCUT2D eigenvalue weighted by Crippen LogP contribution is 2.17. The maximum Gasteiger partial charge on any atom is 0.0971 e. The summed E-state index contributed by atoms with van der Waals surface area (Å²) in [4.78, 5) is 5.80. The van der Waals surface area contributed by atoms with Crippen LogP contribution < -0.4 is 0 Å². The lowest BCUT2D eigenvalue weighted by Crippen LogP contribution is -1.86. The first kappa shape index (κ1) is 10.4. The van der Waals surface area contributed by atoms with Crippen LogP contribution in [0.5, 0.6) is 0 Å². The van der Waals surface area contributed by atoms with Gasteiger partial charge >= 0.3 is 0 Å². The largest absolute Gasteiger partial charge is 0.249 e. The Balaban J connectivity index is 2.14. The molecule has 1 aromatic heterocycles. The van der Waals surface area contributed by atoms with Gasteiger partial charge in [-0.25, -0.2) is 4.98 Å². The second kappa shape index (κ2) is 4.58. The van der Waals surface area contributed by atoms with E-state index in [1.807, 2.05) is 17.5 Å². The summed E-state index contributed by atoms with van der Waals surface area (Å²) in [5, 5.41) is 1.22. The topological polar surface area (TPSA) is 12.9 Å². The minimum atomic E-state index is 0.965. The summed E-state index contributed by atoms with van der Waals surface area (Å²) in [6, 6.07) is 8.63. The second-order valence-corrected chi connectivity index (χ2v) is 4.94. The van der Waals surface area contributed by atoms with Crippen molar-refractivity contribution in [2.75, 3.05) is 0 Å². The number of aryl methyl sites for hydroxylation is 2. The van der Waals surface area contributed by atoms with Gasteiger partial charge in [0, 0.05) is 17.5 Å². The number of benzene rings is 1. The summed E-state index contributed by atoms with van der Waals surface area (Å²) in [5.74, 6) is 0. The van der Waals surface area contributed by atoms with Crippen molar-refractivity contribution in [1.82, 2.24) is 4.98 Å². The highest BCUT2D eigenvalue weighted by Gasteiger charge is 2.01. The molecular weight excluding hydrogens is 202 g/mol. The maximum absolute atomic E-state index is 4.43. The molecule has 15 heavy (non-hydrogen) atoms. The van der Waals surface area contributed by atoms with E-state index in [9.17, 15) is 0 Å². The van der Waals surface area contributed by atoms with Crippen LogP contribution in [-0.2, 0) is 12.8 Å². The van der Waals surface area contributed by atoms with Gasteiger partial charge in [-0.15, -0.1) is 11.3 Å². The van der Waals surface area contributed by atoms with E-state index in [0.29, 0.717) is 0 Å². The zero-order chi connectivity index (χ0) is 10.7. The smallest absolute Gasteiger partial charge is 0.0971 e. The summed E-state index contributed by atoms with van der Waals surface area (Å²) in [7, 11) is 0. The van der Waals surface area contributed by atoms with E-state index in [2.05, 4.69) is 43.1 Å². The van der Waals surface area contributed by atoms with Crippen LogP contribution in [0.25, 0.3) is 0 Å². The lowest BCUT2D eigenvalue weighted by atomic mass is 10.1. The molecule has 78 valence electrons. The van der Waals surface area contributed by atoms with Gasteiger partial charge in [0.2, 0.25) is 0 Å². The molecule has 0 aliphatic rings. The second-order valence-electron chi connectivity index (χ2n) is 3.74. The van der Waals surface area contributed by atoms with Gasteiger partial charge in [0.15, 0.2) is 0 Å². The molecule has 0 atom stereocenters. The molecule has 0 fully saturated rings. The van der Waals surface area contributed by atoms with E-state index in [-0.39, 0.29) is 0 Å². The van der Waals surface area contributed by atoms with Crippen molar-refractivity contribution in [1.29, 1.82) is 0 Å². The summed E-state index contributed by atoms with van der Waals surface area (Å²) in [6.45, 7) is 4.30. The van der Waals surface area contributed by atoms with E-state index in [0.717, 1.165) is 12.8 Å². The quantitative estimate of drug-likeness (QED) is 0.765. The van der Waals surface area contributed by atoms with Crippen LogP contribution in [0.3, 0.4) is 0 Å². The number of rotatable bonds is 3. The molecule has 2 rings (SSSR count). The minimum Gasteiger partial charge on any atom is -0.249 e. The van der Waals surface area contributed by atoms with Crippen molar-refractivity contribution < 1.29 is 0 Å². The molecule has 0 amide bonds. The number of hydrogen-bond donors (Lipinski definition) is 0. The van der Waals surface area contributed by atoms with Crippen molar-refractivity contribution in [2.45, 2.75) is 26.7 Å². The molecule has 0 saturated heterocycles. The fourth-order valence-corrected chi connectivity index (χ4v) is 2.49. The first-order valence-corrected chi connectivity index (χ1v) is 6.08. The van der Waals surface area contributed by atoms with Crippen molar-refractivity contribution in [3.8, 4) is 0 Å². The molecule has 2 heteroatoms. The molecule has 0 N–H and O–H groups in total. The van der Waals surface area contributed by atoms with Crippen LogP contribution in [0.1, 0.15) is 27.9 Å². The average Bonchev–Trinajstić information content (AvgIpc) is 2.65. The third-order valence-electron chi connectivity index (χ3n) is 2.39. The fraction of sp³-hybridized carbons (Fsp3) is 0.308. The molecular formula is C13H15NS. The van der Waals surface area contributed by atoms with Gasteiger partial charge in [0.25, 0.3) is 0 Å². The zero-order valence-corrected chi connectivity index (χ0v) is 9.97. The molecule has 1 heterocycles. The van der Waals surface area contributed by atoms with E-state index in [1.165, 1.54) is 21.0 Å². The Morgan fingerprint density at radius 2 is 2.20 bits per heavy atom. The van der Waals surface area contributed by atoms with Crippen molar-refractivity contribution >= 4 is 11.3 Å². The molecule has 0 bridgehead atoms. The van der Waals surface area contributed by atoms with Crippen LogP contribution in [0, 0.1) is 6.92 Å². The highest BCUT2D eigenvalue weighted by atomic mass is 32.1. The molecule has 1 aromatic carbocycles. The molecule has 2 aromatic rings. The zero-order valence-electron chi connectivity index (χ0n) is 9.16. The molecule has 0 unspecified atom stereocenters. The Kier molecular flexibility index (Phi) is 3.17. The minimum absolute atomic E-state index is 0.965. The van der Waals surface area contributed by atoms with Crippen molar-refractivity contribution in [2.24, 2.45) is 0 Å². The van der Waals surface area contributed by atoms with Gasteiger partial charge in [-0.1, -0.05) is 36.8 Å². The van der Waals surface area contributed by atoms with Crippen molar-refractivity contribution in [3.63, 3.8) is 0 Å². The fourth-order valence-electron chi connectivity index (χ4n) is 1.59. The van der Waals surface area contributed by atoms with Crippen LogP contribution in [0.2, 0.25) is 0 Å². The van der Waals surface area contributed by atoms with Crippen LogP contribution in [-0.4, -0.2) is 4.98 Å². The Morgan fingerprint density at radius 1 is 1.33 bits per heavy atom. The number of thiazole rings is 1. The Hall–Kier alpha value is -1.15. The predicted molar refractivity (Wildman–Crippen MR) is 65.5 cm³/mol. The van der Waals surface area contributed by atoms with Gasteiger partial charge < -0.3 is 0 Å². The Bertz CT molecular complexity index is 445. The van der Waals surface area contributed by atoms with Crippen LogP contribution in [0.15, 0.2) is 30.5 Å². The van der Waals surface area contributed by atoms with E-state index >= 15 is 0 Å². The molecule has 0 aliphatic carbocycles. The van der Waals surface area contributed by atoms with Gasteiger partial charge in [-0.05, 0) is 18.9 Å². The first-order valence-electron chi connectivity index (χ1n) is 5.27. The molecule has 0 aliphatic heterocycles. The summed E-state index contributed by atoms with van der Waals surface area (Å²) >= 11 is 1.82. The number of hydrogen-bond acceptors (Lipinski definition) is 2. The summed E-state index contributed by atoms with van der Waals surface area (Å²) in [6.07, 6.45) is 4.05. The number of aromatic nitrogens is 1. The van der Waals surface area contributed by atoms with E-state index < -0.39 is 0 Å². The van der Waals surface area contributed by atoms with Crippen LogP contribution in [0.4, 0.5) is 0 Å². The Labute approximate surface area is 94.8 Å². The third-order valence-corrected chi connectivity index (χ3v) is 3.53. The molecule has 0 saturated carbocycles. The van der Waals surface area contributed by atoms with Crippen LogP contribution >= 0.6 is 11.3 Å². The normalized spacial score (nSPS) is 10.5. The molecule has 0 spiro atoms. The van der Waals surface area contributed by atoms with E-state index in [1.54, 1.807) is 0 Å². The van der Waals surface area contributed by atoms with Gasteiger partial charge in [0.05, 0.1) is 5.01 Å². The standard InChI is InChI=1S/C13H15NS/c1-3-12-9-14-13(15-12)8-11-6-4-5-10(2)7-11/h4-7,9H,3,8H2,1-2H3. The predicted octanol–water partition coefficient (Wildman–Crippen LogP) is 3.60. The monoisotopic (exact) mass is 217 g/mol. The Morgan fingerprint density at radius 3 is 2.87 bits per heavy atom. The summed E-state index contributed by atoms with van der Waals surface area (Å²) in [5.41, 5.74) is 2.67.